The summed E-state index contributed by atoms with van der Waals surface area (Å²) in [5.41, 5.74) is 2.28. The van der Waals surface area contributed by atoms with Crippen molar-refractivity contribution in [2.45, 2.75) is 18.9 Å². The number of hydrogen-bond donors (Lipinski definition) is 2. The average Bonchev–Trinajstić information content (AvgIpc) is 3.40. The molecule has 4 heterocycles. The monoisotopic (exact) mass is 586 g/mol. The Morgan fingerprint density at radius 1 is 1.11 bits per heavy atom. The first-order valence-corrected chi connectivity index (χ1v) is 13.8. The molecule has 12 nitrogen and oxygen atoms in total. The number of ether oxygens (including phenoxy) is 2. The Hall–Kier alpha value is -3.45. The van der Waals surface area contributed by atoms with E-state index in [1.807, 2.05) is 35.1 Å². The zero-order chi connectivity index (χ0) is 26.5. The van der Waals surface area contributed by atoms with Crippen molar-refractivity contribution in [1.29, 1.82) is 0 Å². The Balaban J connectivity index is 1.45. The molecule has 0 bridgehead atoms. The van der Waals surface area contributed by atoms with Gasteiger partial charge in [-0.05, 0) is 37.1 Å². The van der Waals surface area contributed by atoms with Crippen molar-refractivity contribution in [1.82, 2.24) is 30.0 Å². The van der Waals surface area contributed by atoms with E-state index in [4.69, 9.17) is 24.5 Å². The third-order valence-corrected chi connectivity index (χ3v) is 7.07. The van der Waals surface area contributed by atoms with Gasteiger partial charge in [-0.25, -0.2) is 24.2 Å². The van der Waals surface area contributed by atoms with Crippen molar-refractivity contribution in [3.8, 4) is 11.4 Å². The molecule has 0 radical (unpaired) electrons. The first kappa shape index (κ1) is 26.2. The number of likely N-dealkylation sites (tertiary alicyclic amines) is 1. The van der Waals surface area contributed by atoms with Crippen LogP contribution in [0.5, 0.6) is 0 Å². The van der Waals surface area contributed by atoms with Crippen LogP contribution in [-0.4, -0.2) is 95.2 Å². The lowest BCUT2D eigenvalue weighted by molar-refractivity contribution is 0.0929. The number of alkyl halides is 1. The lowest BCUT2D eigenvalue weighted by Gasteiger charge is -2.31. The van der Waals surface area contributed by atoms with Gasteiger partial charge in [0.05, 0.1) is 30.8 Å². The number of urea groups is 1. The summed E-state index contributed by atoms with van der Waals surface area (Å²) in [7, 11) is 1.57. The first-order valence-electron chi connectivity index (χ1n) is 12.7. The number of aromatic nitrogens is 4. The van der Waals surface area contributed by atoms with Crippen molar-refractivity contribution in [3.05, 3.63) is 30.5 Å². The van der Waals surface area contributed by atoms with Crippen LogP contribution in [0.3, 0.4) is 0 Å². The van der Waals surface area contributed by atoms with Gasteiger partial charge < -0.3 is 29.9 Å². The predicted octanol–water partition coefficient (Wildman–Crippen LogP) is 3.25. The van der Waals surface area contributed by atoms with Crippen molar-refractivity contribution in [3.63, 3.8) is 0 Å². The van der Waals surface area contributed by atoms with E-state index in [1.165, 1.54) is 0 Å². The molecule has 2 N–H and O–H groups in total. The molecule has 2 aliphatic rings. The minimum atomic E-state index is -0.281. The van der Waals surface area contributed by atoms with Crippen LogP contribution >= 0.6 is 15.9 Å². The van der Waals surface area contributed by atoms with Crippen molar-refractivity contribution >= 4 is 50.6 Å². The van der Waals surface area contributed by atoms with Gasteiger partial charge in [0.25, 0.3) is 0 Å². The van der Waals surface area contributed by atoms with Crippen LogP contribution in [0.1, 0.15) is 18.9 Å². The number of fused-ring (bicyclic) bond motifs is 1. The largest absolute Gasteiger partial charge is 0.449 e. The number of hydrogen-bond acceptors (Lipinski definition) is 8. The molecule has 3 aromatic rings. The Bertz CT molecular complexity index is 1270. The molecular formula is C25H31BrN8O4. The Morgan fingerprint density at radius 2 is 1.84 bits per heavy atom. The second-order valence-electron chi connectivity index (χ2n) is 9.10. The summed E-state index contributed by atoms with van der Waals surface area (Å²) >= 11 is 3.28. The number of nitrogens with zero attached hydrogens (tertiary/aromatic N) is 6. The summed E-state index contributed by atoms with van der Waals surface area (Å²) in [6.07, 6.45) is 3.08. The average molecular weight is 587 g/mol. The van der Waals surface area contributed by atoms with E-state index in [-0.39, 0.29) is 18.2 Å². The van der Waals surface area contributed by atoms with Crippen LogP contribution in [0.15, 0.2) is 30.5 Å². The van der Waals surface area contributed by atoms with Crippen molar-refractivity contribution < 1.29 is 19.1 Å². The minimum absolute atomic E-state index is 0.104. The molecule has 2 fully saturated rings. The molecule has 13 heteroatoms. The molecule has 38 heavy (non-hydrogen) atoms. The number of amides is 3. The van der Waals surface area contributed by atoms with E-state index in [2.05, 4.69) is 31.5 Å². The number of rotatable bonds is 6. The summed E-state index contributed by atoms with van der Waals surface area (Å²) < 4.78 is 12.8. The number of morpholine rings is 1. The predicted molar refractivity (Wildman–Crippen MR) is 147 cm³/mol. The number of carbonyl (C=O) groups is 2. The summed E-state index contributed by atoms with van der Waals surface area (Å²) in [4.78, 5) is 37.8. The molecule has 2 aromatic heterocycles. The number of piperidine rings is 1. The molecule has 2 saturated heterocycles. The molecule has 0 spiro atoms. The van der Waals surface area contributed by atoms with Crippen LogP contribution in [0.25, 0.3) is 22.4 Å². The highest BCUT2D eigenvalue weighted by Gasteiger charge is 2.28. The molecule has 5 rings (SSSR count). The number of nitrogens with one attached hydrogen (secondary N) is 2. The molecule has 202 valence electrons. The molecule has 0 unspecified atom stereocenters. The number of benzene rings is 1. The molecule has 2 aliphatic heterocycles. The third kappa shape index (κ3) is 5.68. The summed E-state index contributed by atoms with van der Waals surface area (Å²) in [5, 5.41) is 11.6. The molecule has 0 atom stereocenters. The highest BCUT2D eigenvalue weighted by molar-refractivity contribution is 9.09. The van der Waals surface area contributed by atoms with Crippen molar-refractivity contribution in [2.75, 3.05) is 68.6 Å². The maximum atomic E-state index is 12.3. The standard InChI is InChI=1S/C25H31BrN8O4/c1-27-24(35)29-18-4-2-17(3-5-18)21-30-22(32-11-14-37-15-12-32)20-16-28-34(23(20)31-21)19-6-9-33(10-7-19)25(36)38-13-8-26/h2-5,16,19H,6-15H2,1H3,(H2,27,29,35). The van der Waals surface area contributed by atoms with Crippen LogP contribution in [0.2, 0.25) is 0 Å². The van der Waals surface area contributed by atoms with Gasteiger partial charge in [0.1, 0.15) is 12.4 Å². The molecule has 3 amide bonds. The summed E-state index contributed by atoms with van der Waals surface area (Å²) in [6.45, 7) is 4.30. The highest BCUT2D eigenvalue weighted by Crippen LogP contribution is 2.32. The van der Waals surface area contributed by atoms with E-state index < -0.39 is 0 Å². The fourth-order valence-corrected chi connectivity index (χ4v) is 4.89. The smallest absolute Gasteiger partial charge is 0.409 e. The second kappa shape index (κ2) is 11.9. The van der Waals surface area contributed by atoms with Gasteiger partial charge in [-0.2, -0.15) is 5.10 Å². The summed E-state index contributed by atoms with van der Waals surface area (Å²) in [5.74, 6) is 1.42. The molecular weight excluding hydrogens is 556 g/mol. The van der Waals surface area contributed by atoms with Crippen LogP contribution in [-0.2, 0) is 9.47 Å². The van der Waals surface area contributed by atoms with Gasteiger partial charge >= 0.3 is 12.1 Å². The van der Waals surface area contributed by atoms with Crippen LogP contribution in [0.4, 0.5) is 21.1 Å². The van der Waals surface area contributed by atoms with Gasteiger partial charge in [-0.15, -0.1) is 0 Å². The minimum Gasteiger partial charge on any atom is -0.449 e. The van der Waals surface area contributed by atoms with Gasteiger partial charge in [0, 0.05) is 49.8 Å². The van der Waals surface area contributed by atoms with Crippen LogP contribution < -0.4 is 15.5 Å². The van der Waals surface area contributed by atoms with E-state index in [0.717, 1.165) is 48.3 Å². The molecule has 0 saturated carbocycles. The quantitative estimate of drug-likeness (QED) is 0.421. The molecule has 0 aliphatic carbocycles. The maximum Gasteiger partial charge on any atom is 0.409 e. The number of anilines is 2. The second-order valence-corrected chi connectivity index (χ2v) is 9.89. The lowest BCUT2D eigenvalue weighted by atomic mass is 10.1. The Morgan fingerprint density at radius 3 is 2.53 bits per heavy atom. The molecule has 1 aromatic carbocycles. The van der Waals surface area contributed by atoms with Gasteiger partial charge in [0.15, 0.2) is 11.5 Å². The fourth-order valence-electron chi connectivity index (χ4n) is 4.73. The van der Waals surface area contributed by atoms with Gasteiger partial charge in [0.2, 0.25) is 0 Å². The Labute approximate surface area is 228 Å². The normalized spacial score (nSPS) is 16.5. The van der Waals surface area contributed by atoms with E-state index in [9.17, 15) is 9.59 Å². The first-order chi connectivity index (χ1) is 18.6. The topological polar surface area (TPSA) is 127 Å². The fraction of sp³-hybridized carbons (Fsp3) is 0.480. The maximum absolute atomic E-state index is 12.3. The SMILES string of the molecule is CNC(=O)Nc1ccc(-c2nc(N3CCOCC3)c3cnn(C4CCN(C(=O)OCCBr)CC4)c3n2)cc1. The zero-order valence-electron chi connectivity index (χ0n) is 21.2. The lowest BCUT2D eigenvalue weighted by Crippen LogP contribution is -2.39. The van der Waals surface area contributed by atoms with E-state index >= 15 is 0 Å². The van der Waals surface area contributed by atoms with Gasteiger partial charge in [-0.1, -0.05) is 15.9 Å². The number of carbonyl (C=O) groups excluding carboxylic acids is 2. The van der Waals surface area contributed by atoms with E-state index in [1.54, 1.807) is 11.9 Å². The Kier molecular flexibility index (Phi) is 8.23. The third-order valence-electron chi connectivity index (χ3n) is 6.74. The highest BCUT2D eigenvalue weighted by atomic mass is 79.9. The van der Waals surface area contributed by atoms with Crippen LogP contribution in [0, 0.1) is 0 Å². The van der Waals surface area contributed by atoms with Crippen molar-refractivity contribution in [2.24, 2.45) is 0 Å². The summed E-state index contributed by atoms with van der Waals surface area (Å²) in [6, 6.07) is 7.27. The van der Waals surface area contributed by atoms with E-state index in [0.29, 0.717) is 49.8 Å². The van der Waals surface area contributed by atoms with Gasteiger partial charge in [-0.3, -0.25) is 0 Å². The zero-order valence-corrected chi connectivity index (χ0v) is 22.8. The number of halogens is 1.